The minimum absolute atomic E-state index is 0.0178. The standard InChI is InChI=1S/C11H19F3N2O2/c1-15(2)6-8-4-3-5-16(8)7-9(10(17)18)11(12,13)14/h8-9H,3-7H2,1-2H3,(H,17,18). The number of halogens is 3. The number of carbonyl (C=O) groups is 1. The Hall–Kier alpha value is -0.820. The third kappa shape index (κ3) is 4.13. The van der Waals surface area contributed by atoms with Crippen LogP contribution in [0.4, 0.5) is 13.2 Å². The van der Waals surface area contributed by atoms with Crippen LogP contribution in [0.15, 0.2) is 0 Å². The highest BCUT2D eigenvalue weighted by Crippen LogP contribution is 2.29. The van der Waals surface area contributed by atoms with Gasteiger partial charge in [0.05, 0.1) is 0 Å². The van der Waals surface area contributed by atoms with Crippen LogP contribution in [-0.2, 0) is 4.79 Å². The molecule has 0 aromatic heterocycles. The Morgan fingerprint density at radius 3 is 2.56 bits per heavy atom. The summed E-state index contributed by atoms with van der Waals surface area (Å²) in [6.45, 7) is 0.750. The van der Waals surface area contributed by atoms with E-state index >= 15 is 0 Å². The van der Waals surface area contributed by atoms with E-state index in [0.717, 1.165) is 12.8 Å². The number of rotatable bonds is 5. The summed E-state index contributed by atoms with van der Waals surface area (Å²) in [5, 5.41) is 8.68. The summed E-state index contributed by atoms with van der Waals surface area (Å²) in [5.41, 5.74) is 0. The largest absolute Gasteiger partial charge is 0.481 e. The number of carboxylic acid groups (broad SMARTS) is 1. The molecule has 1 heterocycles. The fourth-order valence-corrected chi connectivity index (χ4v) is 2.32. The molecule has 18 heavy (non-hydrogen) atoms. The third-order valence-electron chi connectivity index (χ3n) is 3.19. The van der Waals surface area contributed by atoms with Crippen LogP contribution in [0.2, 0.25) is 0 Å². The van der Waals surface area contributed by atoms with Gasteiger partial charge in [-0.15, -0.1) is 0 Å². The zero-order chi connectivity index (χ0) is 13.9. The van der Waals surface area contributed by atoms with Crippen LogP contribution in [0.5, 0.6) is 0 Å². The Balaban J connectivity index is 2.66. The molecule has 1 N–H and O–H groups in total. The predicted molar refractivity (Wildman–Crippen MR) is 60.3 cm³/mol. The monoisotopic (exact) mass is 268 g/mol. The van der Waals surface area contributed by atoms with Crippen molar-refractivity contribution in [3.8, 4) is 0 Å². The SMILES string of the molecule is CN(C)CC1CCCN1CC(C(=O)O)C(F)(F)F. The second-order valence-electron chi connectivity index (χ2n) is 4.99. The maximum Gasteiger partial charge on any atom is 0.403 e. The number of alkyl halides is 3. The van der Waals surface area contributed by atoms with Crippen molar-refractivity contribution in [1.82, 2.24) is 9.80 Å². The highest BCUT2D eigenvalue weighted by molar-refractivity contribution is 5.71. The first-order valence-corrected chi connectivity index (χ1v) is 5.90. The number of hydrogen-bond acceptors (Lipinski definition) is 3. The van der Waals surface area contributed by atoms with Gasteiger partial charge in [-0.1, -0.05) is 0 Å². The number of likely N-dealkylation sites (tertiary alicyclic amines) is 1. The first-order valence-electron chi connectivity index (χ1n) is 5.90. The summed E-state index contributed by atoms with van der Waals surface area (Å²) >= 11 is 0. The van der Waals surface area contributed by atoms with Crippen LogP contribution in [0.3, 0.4) is 0 Å². The molecule has 0 aromatic rings. The lowest BCUT2D eigenvalue weighted by Crippen LogP contribution is -2.45. The molecule has 1 saturated heterocycles. The highest BCUT2D eigenvalue weighted by Gasteiger charge is 2.47. The van der Waals surface area contributed by atoms with Gasteiger partial charge in [-0.05, 0) is 33.5 Å². The molecule has 0 spiro atoms. The lowest BCUT2D eigenvalue weighted by Gasteiger charge is -2.29. The highest BCUT2D eigenvalue weighted by atomic mass is 19.4. The topological polar surface area (TPSA) is 43.8 Å². The van der Waals surface area contributed by atoms with E-state index in [-0.39, 0.29) is 6.04 Å². The van der Waals surface area contributed by atoms with E-state index in [2.05, 4.69) is 0 Å². The van der Waals surface area contributed by atoms with Crippen molar-refractivity contribution in [2.45, 2.75) is 25.1 Å². The Morgan fingerprint density at radius 2 is 2.11 bits per heavy atom. The van der Waals surface area contributed by atoms with Gasteiger partial charge in [-0.25, -0.2) is 0 Å². The van der Waals surface area contributed by atoms with E-state index in [1.165, 1.54) is 0 Å². The number of carboxylic acids is 1. The zero-order valence-electron chi connectivity index (χ0n) is 10.6. The van der Waals surface area contributed by atoms with Crippen molar-refractivity contribution >= 4 is 5.97 Å². The molecular weight excluding hydrogens is 249 g/mol. The van der Waals surface area contributed by atoms with Crippen LogP contribution in [0.1, 0.15) is 12.8 Å². The van der Waals surface area contributed by atoms with E-state index in [0.29, 0.717) is 13.1 Å². The Morgan fingerprint density at radius 1 is 1.50 bits per heavy atom. The smallest absolute Gasteiger partial charge is 0.403 e. The molecule has 0 aliphatic carbocycles. The number of aliphatic carboxylic acids is 1. The molecule has 0 saturated carbocycles. The fraction of sp³-hybridized carbons (Fsp3) is 0.909. The van der Waals surface area contributed by atoms with Gasteiger partial charge in [-0.2, -0.15) is 13.2 Å². The molecular formula is C11H19F3N2O2. The molecule has 1 fully saturated rings. The lowest BCUT2D eigenvalue weighted by molar-refractivity contribution is -0.196. The van der Waals surface area contributed by atoms with Gasteiger partial charge in [0, 0.05) is 19.1 Å². The van der Waals surface area contributed by atoms with E-state index in [9.17, 15) is 18.0 Å². The second kappa shape index (κ2) is 5.88. The summed E-state index contributed by atoms with van der Waals surface area (Å²) in [4.78, 5) is 14.3. The molecule has 0 radical (unpaired) electrons. The van der Waals surface area contributed by atoms with Crippen molar-refractivity contribution in [1.29, 1.82) is 0 Å². The van der Waals surface area contributed by atoms with Gasteiger partial charge in [0.2, 0.25) is 0 Å². The maximum absolute atomic E-state index is 12.6. The fourth-order valence-electron chi connectivity index (χ4n) is 2.32. The van der Waals surface area contributed by atoms with Crippen molar-refractivity contribution in [3.05, 3.63) is 0 Å². The van der Waals surface area contributed by atoms with Crippen LogP contribution >= 0.6 is 0 Å². The van der Waals surface area contributed by atoms with Crippen molar-refractivity contribution in [2.75, 3.05) is 33.7 Å². The van der Waals surface area contributed by atoms with Crippen molar-refractivity contribution in [2.24, 2.45) is 5.92 Å². The molecule has 0 aromatic carbocycles. The van der Waals surface area contributed by atoms with E-state index in [1.807, 2.05) is 19.0 Å². The van der Waals surface area contributed by atoms with Crippen molar-refractivity contribution in [3.63, 3.8) is 0 Å². The zero-order valence-corrected chi connectivity index (χ0v) is 10.6. The van der Waals surface area contributed by atoms with Gasteiger partial charge >= 0.3 is 12.1 Å². The van der Waals surface area contributed by atoms with E-state index in [4.69, 9.17) is 5.11 Å². The van der Waals surface area contributed by atoms with Gasteiger partial charge in [0.1, 0.15) is 0 Å². The first-order chi connectivity index (χ1) is 8.21. The van der Waals surface area contributed by atoms with E-state index < -0.39 is 24.6 Å². The lowest BCUT2D eigenvalue weighted by atomic mass is 10.1. The van der Waals surface area contributed by atoms with Gasteiger partial charge in [-0.3, -0.25) is 9.69 Å². The van der Waals surface area contributed by atoms with Crippen LogP contribution in [-0.4, -0.2) is 66.8 Å². The molecule has 1 aliphatic rings. The minimum atomic E-state index is -4.68. The third-order valence-corrected chi connectivity index (χ3v) is 3.19. The second-order valence-corrected chi connectivity index (χ2v) is 4.99. The Labute approximate surface area is 104 Å². The van der Waals surface area contributed by atoms with Crippen LogP contribution < -0.4 is 0 Å². The van der Waals surface area contributed by atoms with Gasteiger partial charge in [0.15, 0.2) is 5.92 Å². The van der Waals surface area contributed by atoms with E-state index in [1.54, 1.807) is 4.90 Å². The molecule has 2 unspecified atom stereocenters. The molecule has 0 bridgehead atoms. The maximum atomic E-state index is 12.6. The van der Waals surface area contributed by atoms with Gasteiger partial charge < -0.3 is 10.0 Å². The molecule has 1 rings (SSSR count). The van der Waals surface area contributed by atoms with Gasteiger partial charge in [0.25, 0.3) is 0 Å². The molecule has 4 nitrogen and oxygen atoms in total. The normalized spacial score (nSPS) is 23.6. The average Bonchev–Trinajstić information content (AvgIpc) is 2.58. The summed E-state index contributed by atoms with van der Waals surface area (Å²) in [6.07, 6.45) is -3.04. The molecule has 2 atom stereocenters. The quantitative estimate of drug-likeness (QED) is 0.815. The number of hydrogen-bond donors (Lipinski definition) is 1. The predicted octanol–water partition coefficient (Wildman–Crippen LogP) is 1.28. The van der Waals surface area contributed by atoms with Crippen LogP contribution in [0, 0.1) is 5.92 Å². The number of likely N-dealkylation sites (N-methyl/N-ethyl adjacent to an activating group) is 1. The Kier molecular flexibility index (Phi) is 4.98. The summed E-state index contributed by atoms with van der Waals surface area (Å²) in [6, 6.07) is 0.0178. The summed E-state index contributed by atoms with van der Waals surface area (Å²) in [5.74, 6) is -4.08. The first kappa shape index (κ1) is 15.2. The average molecular weight is 268 g/mol. The molecule has 7 heteroatoms. The molecule has 106 valence electrons. The van der Waals surface area contributed by atoms with Crippen molar-refractivity contribution < 1.29 is 23.1 Å². The summed E-state index contributed by atoms with van der Waals surface area (Å²) < 4.78 is 37.8. The molecule has 0 amide bonds. The summed E-state index contributed by atoms with van der Waals surface area (Å²) in [7, 11) is 3.71. The minimum Gasteiger partial charge on any atom is -0.481 e. The molecule has 1 aliphatic heterocycles. The van der Waals surface area contributed by atoms with Crippen LogP contribution in [0.25, 0.3) is 0 Å². The number of nitrogens with zero attached hydrogens (tertiary/aromatic N) is 2. The Bertz CT molecular complexity index is 295.